The third-order valence-electron chi connectivity index (χ3n) is 5.80. The second-order valence-electron chi connectivity index (χ2n) is 8.33. The average molecular weight is 335 g/mol. The molecule has 1 rings (SSSR count). The molecular weight excluding hydrogens is 296 g/mol. The van der Waals surface area contributed by atoms with Crippen molar-refractivity contribution in [3.8, 4) is 0 Å². The summed E-state index contributed by atoms with van der Waals surface area (Å²) in [6, 6.07) is 6.55. The molecule has 0 radical (unpaired) electrons. The molecule has 0 amide bonds. The van der Waals surface area contributed by atoms with Crippen molar-refractivity contribution in [2.75, 3.05) is 6.61 Å². The van der Waals surface area contributed by atoms with E-state index in [1.807, 2.05) is 0 Å². The highest BCUT2D eigenvalue weighted by molar-refractivity contribution is 5.44. The van der Waals surface area contributed by atoms with Crippen molar-refractivity contribution in [1.82, 2.24) is 0 Å². The van der Waals surface area contributed by atoms with Gasteiger partial charge in [0.05, 0.1) is 6.10 Å². The van der Waals surface area contributed by atoms with Crippen molar-refractivity contribution < 1.29 is 10.2 Å². The quantitative estimate of drug-likeness (QED) is 0.543. The molecule has 0 aliphatic rings. The smallest absolute Gasteiger partial charge is 0.0795 e. The Kier molecular flexibility index (Phi) is 7.95. The van der Waals surface area contributed by atoms with E-state index in [1.165, 1.54) is 11.1 Å². The van der Waals surface area contributed by atoms with Crippen LogP contribution >= 0.6 is 0 Å². The Morgan fingerprint density at radius 3 is 1.79 bits per heavy atom. The lowest BCUT2D eigenvalue weighted by atomic mass is 9.71. The summed E-state index contributed by atoms with van der Waals surface area (Å²) in [7, 11) is 0. The first-order chi connectivity index (χ1) is 11.2. The van der Waals surface area contributed by atoms with Gasteiger partial charge in [-0.15, -0.1) is 0 Å². The van der Waals surface area contributed by atoms with E-state index in [0.29, 0.717) is 0 Å². The van der Waals surface area contributed by atoms with Crippen molar-refractivity contribution >= 4 is 0 Å². The normalized spacial score (nSPS) is 14.0. The molecule has 138 valence electrons. The van der Waals surface area contributed by atoms with Gasteiger partial charge in [0.25, 0.3) is 0 Å². The minimum atomic E-state index is -0.424. The van der Waals surface area contributed by atoms with Crippen LogP contribution in [0.5, 0.6) is 0 Å². The Morgan fingerprint density at radius 2 is 1.38 bits per heavy atom. The molecule has 0 bridgehead atoms. The number of hydrogen-bond donors (Lipinski definition) is 2. The van der Waals surface area contributed by atoms with E-state index in [-0.39, 0.29) is 17.4 Å². The highest BCUT2D eigenvalue weighted by atomic mass is 16.3. The molecule has 2 N–H and O–H groups in total. The fraction of sp³-hybridized carbons (Fsp3) is 0.727. The van der Waals surface area contributed by atoms with Gasteiger partial charge in [0.2, 0.25) is 0 Å². The van der Waals surface area contributed by atoms with Crippen LogP contribution in [-0.4, -0.2) is 16.8 Å². The summed E-state index contributed by atoms with van der Waals surface area (Å²) in [6.45, 7) is 13.8. The van der Waals surface area contributed by atoms with Crippen LogP contribution in [0.3, 0.4) is 0 Å². The third-order valence-corrected chi connectivity index (χ3v) is 5.80. The summed E-state index contributed by atoms with van der Waals surface area (Å²) in [5.74, 6) is 0. The average Bonchev–Trinajstić information content (AvgIpc) is 2.57. The fourth-order valence-electron chi connectivity index (χ4n) is 3.26. The Balaban J connectivity index is 3.29. The molecular formula is C22H38O2. The van der Waals surface area contributed by atoms with E-state index in [2.05, 4.69) is 59.7 Å². The van der Waals surface area contributed by atoms with Gasteiger partial charge in [-0.3, -0.25) is 0 Å². The lowest BCUT2D eigenvalue weighted by Crippen LogP contribution is -2.25. The highest BCUT2D eigenvalue weighted by Crippen LogP contribution is 2.41. The van der Waals surface area contributed by atoms with E-state index in [4.69, 9.17) is 5.11 Å². The monoisotopic (exact) mass is 334 g/mol. The second-order valence-corrected chi connectivity index (χ2v) is 8.33. The second kappa shape index (κ2) is 9.01. The van der Waals surface area contributed by atoms with Crippen LogP contribution in [0, 0.1) is 0 Å². The maximum Gasteiger partial charge on any atom is 0.0795 e. The van der Waals surface area contributed by atoms with Gasteiger partial charge in [-0.05, 0) is 53.2 Å². The molecule has 0 saturated heterocycles. The van der Waals surface area contributed by atoms with E-state index in [0.717, 1.165) is 44.1 Å². The molecule has 0 aliphatic carbocycles. The minimum Gasteiger partial charge on any atom is -0.396 e. The fourth-order valence-corrected chi connectivity index (χ4v) is 3.26. The van der Waals surface area contributed by atoms with E-state index in [9.17, 15) is 5.11 Å². The Labute approximate surface area is 149 Å². The number of aliphatic hydroxyl groups excluding tert-OH is 2. The van der Waals surface area contributed by atoms with Crippen LogP contribution in [0.15, 0.2) is 18.2 Å². The van der Waals surface area contributed by atoms with E-state index < -0.39 is 6.10 Å². The van der Waals surface area contributed by atoms with E-state index in [1.54, 1.807) is 0 Å². The van der Waals surface area contributed by atoms with Crippen molar-refractivity contribution in [2.45, 2.75) is 97.0 Å². The van der Waals surface area contributed by atoms with Gasteiger partial charge in [0.15, 0.2) is 0 Å². The molecule has 0 aliphatic heterocycles. The molecule has 1 aromatic rings. The Bertz CT molecular complexity index is 468. The summed E-state index contributed by atoms with van der Waals surface area (Å²) in [4.78, 5) is 0. The molecule has 24 heavy (non-hydrogen) atoms. The van der Waals surface area contributed by atoms with Crippen molar-refractivity contribution in [3.63, 3.8) is 0 Å². The molecule has 1 unspecified atom stereocenters. The van der Waals surface area contributed by atoms with Gasteiger partial charge in [-0.25, -0.2) is 0 Å². The topological polar surface area (TPSA) is 40.5 Å². The van der Waals surface area contributed by atoms with Crippen LogP contribution in [0.2, 0.25) is 0 Å². The summed E-state index contributed by atoms with van der Waals surface area (Å²) < 4.78 is 0. The summed E-state index contributed by atoms with van der Waals surface area (Å²) >= 11 is 0. The molecule has 2 nitrogen and oxygen atoms in total. The number of benzene rings is 1. The molecule has 0 saturated carbocycles. The molecule has 0 spiro atoms. The number of hydrogen-bond acceptors (Lipinski definition) is 2. The van der Waals surface area contributed by atoms with Crippen molar-refractivity contribution in [2.24, 2.45) is 0 Å². The maximum absolute atomic E-state index is 11.0. The summed E-state index contributed by atoms with van der Waals surface area (Å²) in [5.41, 5.74) is 3.85. The molecule has 2 heteroatoms. The SMILES string of the molecule is CCC(C)(C)c1cccc(C(C)(C)CC)c1C(O)CCCCCO. The zero-order valence-electron chi connectivity index (χ0n) is 16.7. The molecule has 1 atom stereocenters. The Hall–Kier alpha value is -0.860. The van der Waals surface area contributed by atoms with Gasteiger partial charge in [0.1, 0.15) is 0 Å². The standard InChI is InChI=1S/C22H38O2/c1-7-21(3,4)17-13-12-14-18(22(5,6)8-2)20(17)19(24)15-10-9-11-16-23/h12-14,19,23-24H,7-11,15-16H2,1-6H3. The molecule has 0 heterocycles. The summed E-state index contributed by atoms with van der Waals surface area (Å²) in [5, 5.41) is 20.0. The lowest BCUT2D eigenvalue weighted by molar-refractivity contribution is 0.156. The molecule has 0 fully saturated rings. The van der Waals surface area contributed by atoms with Gasteiger partial charge >= 0.3 is 0 Å². The van der Waals surface area contributed by atoms with Crippen molar-refractivity contribution in [1.29, 1.82) is 0 Å². The first-order valence-electron chi connectivity index (χ1n) is 9.64. The molecule has 0 aromatic heterocycles. The summed E-state index contributed by atoms with van der Waals surface area (Å²) in [6.07, 6.45) is 5.19. The van der Waals surface area contributed by atoms with Crippen LogP contribution in [0.1, 0.15) is 103 Å². The minimum absolute atomic E-state index is 0.0568. The van der Waals surface area contributed by atoms with Crippen LogP contribution in [0.25, 0.3) is 0 Å². The highest BCUT2D eigenvalue weighted by Gasteiger charge is 2.31. The van der Waals surface area contributed by atoms with Gasteiger partial charge in [-0.2, -0.15) is 0 Å². The first kappa shape index (κ1) is 21.2. The predicted molar refractivity (Wildman–Crippen MR) is 104 cm³/mol. The number of unbranched alkanes of at least 4 members (excludes halogenated alkanes) is 2. The van der Waals surface area contributed by atoms with Crippen LogP contribution in [0.4, 0.5) is 0 Å². The van der Waals surface area contributed by atoms with Crippen LogP contribution < -0.4 is 0 Å². The van der Waals surface area contributed by atoms with E-state index >= 15 is 0 Å². The predicted octanol–water partition coefficient (Wildman–Crippen LogP) is 5.65. The van der Waals surface area contributed by atoms with Gasteiger partial charge in [0, 0.05) is 6.61 Å². The zero-order chi connectivity index (χ0) is 18.4. The van der Waals surface area contributed by atoms with Gasteiger partial charge in [-0.1, -0.05) is 72.6 Å². The number of aliphatic hydroxyl groups is 2. The molecule has 1 aromatic carbocycles. The maximum atomic E-state index is 11.0. The first-order valence-corrected chi connectivity index (χ1v) is 9.64. The third kappa shape index (κ3) is 5.07. The Morgan fingerprint density at radius 1 is 0.875 bits per heavy atom. The zero-order valence-corrected chi connectivity index (χ0v) is 16.7. The number of rotatable bonds is 10. The van der Waals surface area contributed by atoms with Crippen LogP contribution in [-0.2, 0) is 10.8 Å². The lowest BCUT2D eigenvalue weighted by Gasteiger charge is -2.34. The largest absolute Gasteiger partial charge is 0.396 e. The van der Waals surface area contributed by atoms with Crippen molar-refractivity contribution in [3.05, 3.63) is 34.9 Å². The van der Waals surface area contributed by atoms with Gasteiger partial charge < -0.3 is 10.2 Å².